The number of amides is 2. The van der Waals surface area contributed by atoms with Crippen LogP contribution in [0, 0.1) is 6.92 Å². The molecule has 0 unspecified atom stereocenters. The van der Waals surface area contributed by atoms with Crippen LogP contribution in [0.4, 0.5) is 0 Å². The van der Waals surface area contributed by atoms with Gasteiger partial charge in [0.15, 0.2) is 0 Å². The molecule has 0 aliphatic carbocycles. The molecule has 25 heavy (non-hydrogen) atoms. The Morgan fingerprint density at radius 2 is 2.08 bits per heavy atom. The van der Waals surface area contributed by atoms with Gasteiger partial charge < -0.3 is 14.5 Å². The Morgan fingerprint density at radius 3 is 2.72 bits per heavy atom. The zero-order chi connectivity index (χ0) is 17.6. The van der Waals surface area contributed by atoms with E-state index >= 15 is 0 Å². The molecule has 7 heteroatoms. The monoisotopic (exact) mass is 363 g/mol. The quantitative estimate of drug-likeness (QED) is 0.800. The van der Waals surface area contributed by atoms with Crippen LogP contribution in [0.3, 0.4) is 0 Å². The lowest BCUT2D eigenvalue weighted by Gasteiger charge is -2.48. The molecule has 2 amide bonds. The maximum Gasteiger partial charge on any atom is 0.264 e. The van der Waals surface area contributed by atoms with Crippen LogP contribution in [-0.4, -0.2) is 77.6 Å². The fraction of sp³-hybridized carbons (Fsp3) is 0.667. The van der Waals surface area contributed by atoms with Crippen molar-refractivity contribution in [2.45, 2.75) is 38.4 Å². The molecular weight excluding hydrogens is 338 g/mol. The molecule has 1 aromatic rings. The summed E-state index contributed by atoms with van der Waals surface area (Å²) in [5.41, 5.74) is -0.205. The molecule has 3 saturated heterocycles. The molecule has 3 aliphatic heterocycles. The Labute approximate surface area is 152 Å². The minimum Gasteiger partial charge on any atom is -0.381 e. The Hall–Kier alpha value is -1.44. The van der Waals surface area contributed by atoms with E-state index in [2.05, 4.69) is 4.90 Å². The molecular formula is C18H25N3O3S. The van der Waals surface area contributed by atoms with Crippen LogP contribution in [-0.2, 0) is 9.53 Å². The number of likely N-dealkylation sites (N-methyl/N-ethyl adjacent to an activating group) is 1. The number of hydrogen-bond acceptors (Lipinski definition) is 5. The van der Waals surface area contributed by atoms with Gasteiger partial charge in [-0.05, 0) is 26.0 Å². The molecule has 1 aromatic heterocycles. The third-order valence-electron chi connectivity index (χ3n) is 5.82. The van der Waals surface area contributed by atoms with E-state index < -0.39 is 0 Å². The van der Waals surface area contributed by atoms with Gasteiger partial charge in [0.25, 0.3) is 5.91 Å². The van der Waals surface area contributed by atoms with Crippen molar-refractivity contribution in [3.8, 4) is 0 Å². The summed E-state index contributed by atoms with van der Waals surface area (Å²) in [6, 6.07) is 3.66. The Morgan fingerprint density at radius 1 is 1.32 bits per heavy atom. The smallest absolute Gasteiger partial charge is 0.264 e. The van der Waals surface area contributed by atoms with Gasteiger partial charge in [0.1, 0.15) is 11.7 Å². The minimum absolute atomic E-state index is 0.0570. The van der Waals surface area contributed by atoms with Crippen molar-refractivity contribution in [1.29, 1.82) is 0 Å². The molecule has 4 heterocycles. The van der Waals surface area contributed by atoms with Crippen LogP contribution < -0.4 is 0 Å². The first-order valence-corrected chi connectivity index (χ1v) is 9.90. The third-order valence-corrected chi connectivity index (χ3v) is 6.81. The van der Waals surface area contributed by atoms with Gasteiger partial charge in [-0.15, -0.1) is 11.3 Å². The summed E-state index contributed by atoms with van der Waals surface area (Å²) in [6.07, 6.45) is 1.72. The van der Waals surface area contributed by atoms with Gasteiger partial charge in [0.05, 0.1) is 18.1 Å². The molecule has 3 aliphatic rings. The van der Waals surface area contributed by atoms with Crippen molar-refractivity contribution in [2.24, 2.45) is 0 Å². The Balaban J connectivity index is 1.57. The van der Waals surface area contributed by atoms with Crippen molar-refractivity contribution >= 4 is 23.2 Å². The molecule has 4 rings (SSSR count). The highest BCUT2D eigenvalue weighted by atomic mass is 32.1. The lowest BCUT2D eigenvalue weighted by molar-refractivity contribution is -0.135. The molecule has 1 spiro atoms. The normalized spacial score (nSPS) is 26.3. The van der Waals surface area contributed by atoms with Crippen molar-refractivity contribution < 1.29 is 14.3 Å². The number of aryl methyl sites for hydroxylation is 1. The largest absolute Gasteiger partial charge is 0.381 e. The van der Waals surface area contributed by atoms with E-state index in [0.717, 1.165) is 29.1 Å². The van der Waals surface area contributed by atoms with Crippen LogP contribution >= 0.6 is 11.3 Å². The average molecular weight is 363 g/mol. The number of thiophene rings is 1. The summed E-state index contributed by atoms with van der Waals surface area (Å²) in [5, 5.41) is 0. The summed E-state index contributed by atoms with van der Waals surface area (Å²) >= 11 is 1.53. The second-order valence-electron chi connectivity index (χ2n) is 7.05. The van der Waals surface area contributed by atoms with Crippen molar-refractivity contribution in [1.82, 2.24) is 14.7 Å². The van der Waals surface area contributed by atoms with Gasteiger partial charge in [-0.3, -0.25) is 14.5 Å². The summed E-state index contributed by atoms with van der Waals surface area (Å²) in [6.45, 7) is 8.09. The second-order valence-corrected chi connectivity index (χ2v) is 8.34. The number of piperazine rings is 1. The number of carbonyl (C=O) groups excluding carboxylic acids is 2. The zero-order valence-electron chi connectivity index (χ0n) is 14.9. The first kappa shape index (κ1) is 17.0. The molecule has 0 bridgehead atoms. The lowest BCUT2D eigenvalue weighted by atomic mass is 9.96. The highest BCUT2D eigenvalue weighted by molar-refractivity contribution is 7.13. The molecule has 6 nitrogen and oxygen atoms in total. The van der Waals surface area contributed by atoms with E-state index in [-0.39, 0.29) is 23.5 Å². The fourth-order valence-electron chi connectivity index (χ4n) is 4.63. The summed E-state index contributed by atoms with van der Waals surface area (Å²) < 4.78 is 5.56. The summed E-state index contributed by atoms with van der Waals surface area (Å²) in [7, 11) is 0. The summed E-state index contributed by atoms with van der Waals surface area (Å²) in [4.78, 5) is 34.0. The molecule has 0 N–H and O–H groups in total. The molecule has 0 aromatic carbocycles. The van der Waals surface area contributed by atoms with Crippen LogP contribution in [0.25, 0.3) is 0 Å². The summed E-state index contributed by atoms with van der Waals surface area (Å²) in [5.74, 6) is 0.228. The maximum absolute atomic E-state index is 13.1. The Bertz CT molecular complexity index is 683. The van der Waals surface area contributed by atoms with E-state index in [9.17, 15) is 9.59 Å². The molecule has 3 fully saturated rings. The van der Waals surface area contributed by atoms with Gasteiger partial charge in [-0.1, -0.05) is 0 Å². The maximum atomic E-state index is 13.1. The van der Waals surface area contributed by atoms with E-state index in [0.29, 0.717) is 32.8 Å². The van der Waals surface area contributed by atoms with E-state index in [4.69, 9.17) is 4.74 Å². The molecule has 1 atom stereocenters. The average Bonchev–Trinajstić information content (AvgIpc) is 3.16. The molecule has 136 valence electrons. The van der Waals surface area contributed by atoms with Gasteiger partial charge in [-0.25, -0.2) is 0 Å². The van der Waals surface area contributed by atoms with Crippen molar-refractivity contribution in [3.63, 3.8) is 0 Å². The van der Waals surface area contributed by atoms with Gasteiger partial charge in [0.2, 0.25) is 5.91 Å². The number of fused-ring (bicyclic) bond motifs is 2. The standard InChI is InChI=1S/C18H25N3O3S/c1-3-20-16(22)14-12-19(17(23)15-5-4-13(2)25-15)8-9-21(14)18(20)6-10-24-11-7-18/h4-5,14H,3,6-12H2,1-2H3/t14-/m1/s1. The second kappa shape index (κ2) is 6.37. The topological polar surface area (TPSA) is 53.1 Å². The van der Waals surface area contributed by atoms with Crippen LogP contribution in [0.1, 0.15) is 34.3 Å². The first-order chi connectivity index (χ1) is 12.1. The lowest BCUT2D eigenvalue weighted by Crippen LogP contribution is -2.62. The fourth-order valence-corrected chi connectivity index (χ4v) is 5.46. The zero-order valence-corrected chi connectivity index (χ0v) is 15.7. The Kier molecular flexibility index (Phi) is 4.33. The van der Waals surface area contributed by atoms with Gasteiger partial charge in [0, 0.05) is 43.9 Å². The van der Waals surface area contributed by atoms with Crippen molar-refractivity contribution in [3.05, 3.63) is 21.9 Å². The highest BCUT2D eigenvalue weighted by Crippen LogP contribution is 2.41. The number of carbonyl (C=O) groups is 2. The SMILES string of the molecule is CCN1C(=O)[C@H]2CN(C(=O)c3ccc(C)s3)CCN2C12CCOCC2. The number of rotatable bonds is 2. The predicted octanol–water partition coefficient (Wildman–Crippen LogP) is 1.55. The van der Waals surface area contributed by atoms with Gasteiger partial charge in [-0.2, -0.15) is 0 Å². The van der Waals surface area contributed by atoms with Gasteiger partial charge >= 0.3 is 0 Å². The van der Waals surface area contributed by atoms with Crippen LogP contribution in [0.2, 0.25) is 0 Å². The predicted molar refractivity (Wildman–Crippen MR) is 95.6 cm³/mol. The van der Waals surface area contributed by atoms with Crippen LogP contribution in [0.15, 0.2) is 12.1 Å². The number of ether oxygens (including phenoxy) is 1. The van der Waals surface area contributed by atoms with Crippen LogP contribution in [0.5, 0.6) is 0 Å². The molecule has 0 radical (unpaired) electrons. The van der Waals surface area contributed by atoms with Crippen molar-refractivity contribution in [2.75, 3.05) is 39.4 Å². The number of nitrogens with zero attached hydrogens (tertiary/aromatic N) is 3. The van der Waals surface area contributed by atoms with E-state index in [1.807, 2.05) is 35.8 Å². The molecule has 0 saturated carbocycles. The third kappa shape index (κ3) is 2.60. The first-order valence-electron chi connectivity index (χ1n) is 9.08. The highest BCUT2D eigenvalue weighted by Gasteiger charge is 2.57. The van der Waals surface area contributed by atoms with E-state index in [1.54, 1.807) is 0 Å². The minimum atomic E-state index is -0.211. The van der Waals surface area contributed by atoms with E-state index in [1.165, 1.54) is 11.3 Å². The number of hydrogen-bond donors (Lipinski definition) is 0.